The molecule has 2 amide bonds. The van der Waals surface area contributed by atoms with E-state index in [2.05, 4.69) is 17.4 Å². The topological polar surface area (TPSA) is 41.6 Å². The Balaban J connectivity index is 1.99. The number of carbonyl (C=O) groups is 1. The quantitative estimate of drug-likeness (QED) is 0.868. The van der Waals surface area contributed by atoms with E-state index in [0.29, 0.717) is 19.1 Å². The van der Waals surface area contributed by atoms with E-state index in [1.165, 1.54) is 24.8 Å². The van der Waals surface area contributed by atoms with Crippen LogP contribution in [0.5, 0.6) is 0 Å². The number of amides is 2. The van der Waals surface area contributed by atoms with Crippen LogP contribution in [0.2, 0.25) is 0 Å². The first-order chi connectivity index (χ1) is 9.72. The predicted molar refractivity (Wildman–Crippen MR) is 79.6 cm³/mol. The average Bonchev–Trinajstić information content (AvgIpc) is 2.43. The van der Waals surface area contributed by atoms with E-state index in [0.717, 1.165) is 0 Å². The van der Waals surface area contributed by atoms with Crippen LogP contribution < -0.4 is 5.32 Å². The molecular weight excluding hydrogens is 252 g/mol. The second kappa shape index (κ2) is 7.29. The minimum atomic E-state index is -0.0252. The second-order valence-electron chi connectivity index (χ2n) is 5.44. The summed E-state index contributed by atoms with van der Waals surface area (Å²) >= 11 is 0. The van der Waals surface area contributed by atoms with Crippen molar-refractivity contribution >= 4 is 6.03 Å². The van der Waals surface area contributed by atoms with Gasteiger partial charge in [-0.1, -0.05) is 36.8 Å². The molecule has 1 aliphatic rings. The Morgan fingerprint density at radius 1 is 1.40 bits per heavy atom. The fourth-order valence-corrected chi connectivity index (χ4v) is 2.48. The fraction of sp³-hybridized carbons (Fsp3) is 0.562. The molecule has 2 rings (SSSR count). The van der Waals surface area contributed by atoms with E-state index < -0.39 is 0 Å². The lowest BCUT2D eigenvalue weighted by Gasteiger charge is -2.35. The zero-order chi connectivity index (χ0) is 14.4. The van der Waals surface area contributed by atoms with Gasteiger partial charge in [0, 0.05) is 20.7 Å². The van der Waals surface area contributed by atoms with Crippen molar-refractivity contribution in [3.05, 3.63) is 35.9 Å². The van der Waals surface area contributed by atoms with Gasteiger partial charge in [-0.25, -0.2) is 4.79 Å². The largest absolute Gasteiger partial charge is 0.383 e. The van der Waals surface area contributed by atoms with Gasteiger partial charge in [0.05, 0.1) is 12.6 Å². The van der Waals surface area contributed by atoms with Crippen molar-refractivity contribution in [3.63, 3.8) is 0 Å². The highest BCUT2D eigenvalue weighted by Gasteiger charge is 2.30. The van der Waals surface area contributed by atoms with Crippen LogP contribution in [0, 0.1) is 5.92 Å². The molecule has 0 aliphatic heterocycles. The molecule has 20 heavy (non-hydrogen) atoms. The molecule has 0 spiro atoms. The monoisotopic (exact) mass is 276 g/mol. The molecule has 1 aliphatic carbocycles. The Morgan fingerprint density at radius 2 is 2.10 bits per heavy atom. The van der Waals surface area contributed by atoms with Crippen LogP contribution in [0.15, 0.2) is 30.3 Å². The third-order valence-electron chi connectivity index (χ3n) is 4.04. The van der Waals surface area contributed by atoms with Crippen molar-refractivity contribution in [1.82, 2.24) is 10.2 Å². The molecule has 1 fully saturated rings. The number of nitrogens with one attached hydrogen (secondary N) is 1. The molecule has 1 atom stereocenters. The van der Waals surface area contributed by atoms with Gasteiger partial charge in [0.25, 0.3) is 0 Å². The number of likely N-dealkylation sites (N-methyl/N-ethyl adjacent to an activating group) is 1. The molecule has 0 bridgehead atoms. The number of ether oxygens (including phenoxy) is 1. The van der Waals surface area contributed by atoms with Crippen molar-refractivity contribution in [2.24, 2.45) is 5.92 Å². The summed E-state index contributed by atoms with van der Waals surface area (Å²) in [7, 11) is 3.45. The summed E-state index contributed by atoms with van der Waals surface area (Å²) in [6, 6.07) is 10.4. The van der Waals surface area contributed by atoms with E-state index in [4.69, 9.17) is 4.74 Å². The van der Waals surface area contributed by atoms with Gasteiger partial charge in [0.15, 0.2) is 0 Å². The molecule has 1 aromatic rings. The summed E-state index contributed by atoms with van der Waals surface area (Å²) in [6.45, 7) is 1.16. The molecule has 0 unspecified atom stereocenters. The highest BCUT2D eigenvalue weighted by molar-refractivity contribution is 5.74. The third kappa shape index (κ3) is 3.73. The van der Waals surface area contributed by atoms with Crippen LogP contribution >= 0.6 is 0 Å². The van der Waals surface area contributed by atoms with Crippen molar-refractivity contribution in [2.45, 2.75) is 25.3 Å². The summed E-state index contributed by atoms with van der Waals surface area (Å²) in [5, 5.41) is 3.18. The highest BCUT2D eigenvalue weighted by Crippen LogP contribution is 2.37. The summed E-state index contributed by atoms with van der Waals surface area (Å²) in [6.07, 6.45) is 3.66. The van der Waals surface area contributed by atoms with Crippen LogP contribution in [0.25, 0.3) is 0 Å². The lowest BCUT2D eigenvalue weighted by Crippen LogP contribution is -2.43. The average molecular weight is 276 g/mol. The molecule has 1 N–H and O–H groups in total. The van der Waals surface area contributed by atoms with Crippen LogP contribution in [0.1, 0.15) is 30.9 Å². The molecule has 110 valence electrons. The lowest BCUT2D eigenvalue weighted by molar-refractivity contribution is 0.151. The van der Waals surface area contributed by atoms with Crippen molar-refractivity contribution in [1.29, 1.82) is 0 Å². The van der Waals surface area contributed by atoms with E-state index in [-0.39, 0.29) is 12.1 Å². The van der Waals surface area contributed by atoms with E-state index >= 15 is 0 Å². The number of hydrogen-bond donors (Lipinski definition) is 1. The molecule has 0 radical (unpaired) electrons. The molecule has 4 heteroatoms. The predicted octanol–water partition coefficient (Wildman–Crippen LogP) is 2.82. The minimum Gasteiger partial charge on any atom is -0.383 e. The molecular formula is C16H24N2O2. The Hall–Kier alpha value is -1.55. The van der Waals surface area contributed by atoms with E-state index in [1.54, 1.807) is 19.1 Å². The molecule has 0 aromatic heterocycles. The van der Waals surface area contributed by atoms with Crippen LogP contribution in [-0.4, -0.2) is 38.2 Å². The Morgan fingerprint density at radius 3 is 2.65 bits per heavy atom. The highest BCUT2D eigenvalue weighted by atomic mass is 16.5. The molecule has 1 saturated carbocycles. The number of carbonyl (C=O) groups excluding carboxylic acids is 1. The van der Waals surface area contributed by atoms with Gasteiger partial charge in [0.2, 0.25) is 0 Å². The maximum atomic E-state index is 12.2. The maximum Gasteiger partial charge on any atom is 0.317 e. The first-order valence-electron chi connectivity index (χ1n) is 7.28. The van der Waals surface area contributed by atoms with Gasteiger partial charge >= 0.3 is 6.03 Å². The summed E-state index contributed by atoms with van der Waals surface area (Å²) in [4.78, 5) is 13.9. The Kier molecular flexibility index (Phi) is 5.41. The molecule has 0 saturated heterocycles. The summed E-state index contributed by atoms with van der Waals surface area (Å²) < 4.78 is 5.01. The minimum absolute atomic E-state index is 0.0252. The molecule has 4 nitrogen and oxygen atoms in total. The summed E-state index contributed by atoms with van der Waals surface area (Å²) in [5.41, 5.74) is 1.20. The van der Waals surface area contributed by atoms with Crippen LogP contribution in [-0.2, 0) is 4.74 Å². The van der Waals surface area contributed by atoms with Gasteiger partial charge in [-0.05, 0) is 24.3 Å². The maximum absolute atomic E-state index is 12.2. The van der Waals surface area contributed by atoms with Crippen molar-refractivity contribution < 1.29 is 9.53 Å². The van der Waals surface area contributed by atoms with Gasteiger partial charge in [-0.2, -0.15) is 0 Å². The number of hydrogen-bond acceptors (Lipinski definition) is 2. The number of urea groups is 1. The van der Waals surface area contributed by atoms with Crippen molar-refractivity contribution in [3.8, 4) is 0 Å². The molecule has 1 aromatic carbocycles. The first kappa shape index (κ1) is 14.9. The second-order valence-corrected chi connectivity index (χ2v) is 5.44. The van der Waals surface area contributed by atoms with Gasteiger partial charge in [-0.15, -0.1) is 0 Å². The third-order valence-corrected chi connectivity index (χ3v) is 4.04. The van der Waals surface area contributed by atoms with Gasteiger partial charge in [0.1, 0.15) is 0 Å². The standard InChI is InChI=1S/C16H24N2O2/c1-18(11-12-20-2)16(19)17-15(14-9-6-10-14)13-7-4-3-5-8-13/h3-5,7-8,14-15H,6,9-12H2,1-2H3,(H,17,19)/t15-/m0/s1. The first-order valence-corrected chi connectivity index (χ1v) is 7.28. The number of methoxy groups -OCH3 is 1. The smallest absolute Gasteiger partial charge is 0.317 e. The number of nitrogens with zero attached hydrogens (tertiary/aromatic N) is 1. The van der Waals surface area contributed by atoms with E-state index in [9.17, 15) is 4.79 Å². The summed E-state index contributed by atoms with van der Waals surface area (Å²) in [5.74, 6) is 0.567. The molecule has 0 heterocycles. The lowest BCUT2D eigenvalue weighted by atomic mass is 9.77. The number of rotatable bonds is 6. The van der Waals surface area contributed by atoms with E-state index in [1.807, 2.05) is 18.2 Å². The zero-order valence-corrected chi connectivity index (χ0v) is 12.3. The normalized spacial score (nSPS) is 16.3. The van der Waals surface area contributed by atoms with Gasteiger partial charge in [-0.3, -0.25) is 0 Å². The van der Waals surface area contributed by atoms with Gasteiger partial charge < -0.3 is 15.0 Å². The van der Waals surface area contributed by atoms with Crippen molar-refractivity contribution in [2.75, 3.05) is 27.3 Å². The SMILES string of the molecule is COCCN(C)C(=O)N[C@@H](c1ccccc1)C1CCC1. The Labute approximate surface area is 121 Å². The fourth-order valence-electron chi connectivity index (χ4n) is 2.48. The zero-order valence-electron chi connectivity index (χ0n) is 12.3. The number of benzene rings is 1. The van der Waals surface area contributed by atoms with Crippen LogP contribution in [0.3, 0.4) is 0 Å². The van der Waals surface area contributed by atoms with Crippen LogP contribution in [0.4, 0.5) is 4.79 Å². The Bertz CT molecular complexity index is 418.